The highest BCUT2D eigenvalue weighted by atomic mass is 19.2. The van der Waals surface area contributed by atoms with Gasteiger partial charge in [-0.2, -0.15) is 0 Å². The second-order valence-corrected chi connectivity index (χ2v) is 20.6. The molecule has 13 heteroatoms. The second-order valence-electron chi connectivity index (χ2n) is 20.6. The van der Waals surface area contributed by atoms with E-state index < -0.39 is 46.8 Å². The maximum absolute atomic E-state index is 13.2. The Morgan fingerprint density at radius 1 is 0.442 bits per heavy atom. The Morgan fingerprint density at radius 3 is 1.19 bits per heavy atom. The molecule has 6 nitrogen and oxygen atoms in total. The molecule has 0 unspecified atom stereocenters. The number of ether oxygens (including phenoxy) is 4. The Balaban J connectivity index is 0.000000169. The summed E-state index contributed by atoms with van der Waals surface area (Å²) in [4.78, 5) is 24.4. The molecule has 2 aliphatic carbocycles. The van der Waals surface area contributed by atoms with E-state index in [2.05, 4.69) is 20.8 Å². The van der Waals surface area contributed by atoms with Gasteiger partial charge in [-0.1, -0.05) is 120 Å². The summed E-state index contributed by atoms with van der Waals surface area (Å²) >= 11 is 0. The SMILES string of the molecule is CCCC1CCC(c2ccc(C(=O)Oc3cc(F)c(F)c(F)c3)cc2)CC1.CCCC1COC(c2ccc(-c3ccc(F)cc3)cc2)OC1.CCCCC1CCC(c2ccc(C(=O)Oc3cc(F)c(F)c(F)c3)cc2)CC1. The standard InChI is InChI=1S/C23H25F3O2.C22H23F3O2.C19H21FO2/c1-2-3-4-15-5-7-16(8-6-15)17-9-11-18(12-10-17)23(27)28-19-13-20(24)22(26)21(25)14-19;1-2-3-14-4-6-15(7-5-14)16-8-10-17(11-9-16)22(26)27-18-12-19(23)21(25)20(24)13-18;1-2-3-14-12-21-19(22-13-14)17-6-4-15(5-7-17)16-8-10-18(20)11-9-16/h9-16H,2-8H2,1H3;8-15H,2-7H2,1H3;4-11,14,19H,2-3,12-13H2,1H3. The molecule has 410 valence electrons. The highest BCUT2D eigenvalue weighted by Gasteiger charge is 2.26. The average Bonchev–Trinajstić information content (AvgIpc) is 3.44. The molecule has 6 aromatic carbocycles. The van der Waals surface area contributed by atoms with Crippen molar-refractivity contribution in [2.75, 3.05) is 13.2 Å². The Bertz CT molecular complexity index is 2750. The molecule has 77 heavy (non-hydrogen) atoms. The van der Waals surface area contributed by atoms with Crippen molar-refractivity contribution in [3.8, 4) is 22.6 Å². The smallest absolute Gasteiger partial charge is 0.343 e. The first-order chi connectivity index (χ1) is 37.2. The molecule has 0 N–H and O–H groups in total. The number of benzene rings is 6. The first kappa shape index (κ1) is 58.4. The molecule has 0 spiro atoms. The number of hydrogen-bond donors (Lipinski definition) is 0. The maximum Gasteiger partial charge on any atom is 0.343 e. The number of hydrogen-bond acceptors (Lipinski definition) is 6. The molecule has 1 aliphatic heterocycles. The quantitative estimate of drug-likeness (QED) is 0.0442. The summed E-state index contributed by atoms with van der Waals surface area (Å²) in [5.41, 5.74) is 6.05. The molecule has 0 atom stereocenters. The summed E-state index contributed by atoms with van der Waals surface area (Å²) in [6.07, 6.45) is 18.0. The van der Waals surface area contributed by atoms with Gasteiger partial charge in [0.1, 0.15) is 17.3 Å². The summed E-state index contributed by atoms with van der Waals surface area (Å²) in [6.45, 7) is 8.15. The molecular formula is C64H69F7O6. The van der Waals surface area contributed by atoms with Gasteiger partial charge in [-0.25, -0.2) is 40.3 Å². The predicted octanol–water partition coefficient (Wildman–Crippen LogP) is 18.1. The van der Waals surface area contributed by atoms with Gasteiger partial charge in [-0.3, -0.25) is 0 Å². The number of esters is 2. The maximum atomic E-state index is 13.2. The Hall–Kier alpha value is -6.31. The fourth-order valence-electron chi connectivity index (χ4n) is 10.6. The third-order valence-corrected chi connectivity index (χ3v) is 15.0. The van der Waals surface area contributed by atoms with Crippen molar-refractivity contribution in [1.29, 1.82) is 0 Å². The molecule has 1 heterocycles. The van der Waals surface area contributed by atoms with Gasteiger partial charge in [-0.05, 0) is 140 Å². The Labute approximate surface area is 448 Å². The molecule has 6 aromatic rings. The fourth-order valence-corrected chi connectivity index (χ4v) is 10.6. The van der Waals surface area contributed by atoms with Crippen LogP contribution in [0.2, 0.25) is 0 Å². The zero-order valence-corrected chi connectivity index (χ0v) is 44.1. The average molecular weight is 1070 g/mol. The van der Waals surface area contributed by atoms with Crippen LogP contribution in [0.25, 0.3) is 11.1 Å². The molecule has 0 amide bonds. The van der Waals surface area contributed by atoms with Crippen LogP contribution in [-0.2, 0) is 9.47 Å². The largest absolute Gasteiger partial charge is 0.423 e. The van der Waals surface area contributed by atoms with E-state index in [0.29, 0.717) is 42.0 Å². The normalized spacial score (nSPS) is 20.2. The van der Waals surface area contributed by atoms with Crippen LogP contribution in [-0.4, -0.2) is 25.2 Å². The summed E-state index contributed by atoms with van der Waals surface area (Å²) < 4.78 is 113. The highest BCUT2D eigenvalue weighted by Crippen LogP contribution is 2.39. The lowest BCUT2D eigenvalue weighted by atomic mass is 9.77. The van der Waals surface area contributed by atoms with Crippen LogP contribution in [0.15, 0.2) is 121 Å². The molecule has 0 radical (unpaired) electrons. The minimum absolute atomic E-state index is 0.217. The molecule has 2 saturated carbocycles. The zero-order valence-electron chi connectivity index (χ0n) is 44.1. The van der Waals surface area contributed by atoms with Gasteiger partial charge in [0.15, 0.2) is 41.2 Å². The van der Waals surface area contributed by atoms with Crippen molar-refractivity contribution >= 4 is 11.9 Å². The van der Waals surface area contributed by atoms with Crippen molar-refractivity contribution in [2.24, 2.45) is 17.8 Å². The van der Waals surface area contributed by atoms with Crippen LogP contribution in [0.5, 0.6) is 11.5 Å². The number of unbranched alkanes of at least 4 members (excludes halogenated alkanes) is 1. The number of rotatable bonds is 15. The van der Waals surface area contributed by atoms with Gasteiger partial charge >= 0.3 is 11.9 Å². The van der Waals surface area contributed by atoms with Crippen LogP contribution in [0, 0.1) is 58.5 Å². The summed E-state index contributed by atoms with van der Waals surface area (Å²) in [5, 5.41) is 0. The van der Waals surface area contributed by atoms with Crippen molar-refractivity contribution in [3.05, 3.63) is 190 Å². The predicted molar refractivity (Wildman–Crippen MR) is 284 cm³/mol. The van der Waals surface area contributed by atoms with Crippen molar-refractivity contribution in [1.82, 2.24) is 0 Å². The lowest BCUT2D eigenvalue weighted by Gasteiger charge is -2.29. The molecule has 0 aromatic heterocycles. The van der Waals surface area contributed by atoms with E-state index in [0.717, 1.165) is 80.3 Å². The monoisotopic (exact) mass is 1070 g/mol. The van der Waals surface area contributed by atoms with Gasteiger partial charge in [-0.15, -0.1) is 0 Å². The van der Waals surface area contributed by atoms with E-state index in [4.69, 9.17) is 18.9 Å². The van der Waals surface area contributed by atoms with E-state index in [1.807, 2.05) is 48.5 Å². The number of carbonyl (C=O) groups excluding carboxylic acids is 2. The number of halogens is 7. The molecule has 3 fully saturated rings. The second kappa shape index (κ2) is 28.9. The third kappa shape index (κ3) is 16.8. The molecule has 1 saturated heterocycles. The van der Waals surface area contributed by atoms with E-state index in [1.54, 1.807) is 36.4 Å². The van der Waals surface area contributed by atoms with E-state index in [9.17, 15) is 40.3 Å². The summed E-state index contributed by atoms with van der Waals surface area (Å²) in [7, 11) is 0. The van der Waals surface area contributed by atoms with E-state index in [-0.39, 0.29) is 34.7 Å². The van der Waals surface area contributed by atoms with E-state index >= 15 is 0 Å². The molecular weight excluding hydrogens is 998 g/mol. The summed E-state index contributed by atoms with van der Waals surface area (Å²) in [6, 6.07) is 31.5. The van der Waals surface area contributed by atoms with Gasteiger partial charge in [0.25, 0.3) is 0 Å². The van der Waals surface area contributed by atoms with Crippen LogP contribution in [0.3, 0.4) is 0 Å². The van der Waals surface area contributed by atoms with Crippen LogP contribution in [0.4, 0.5) is 30.7 Å². The third-order valence-electron chi connectivity index (χ3n) is 15.0. The Kier molecular flexibility index (Phi) is 21.9. The lowest BCUT2D eigenvalue weighted by Crippen LogP contribution is -2.26. The van der Waals surface area contributed by atoms with Crippen LogP contribution < -0.4 is 9.47 Å². The molecule has 9 rings (SSSR count). The van der Waals surface area contributed by atoms with Gasteiger partial charge in [0, 0.05) is 35.7 Å². The zero-order chi connectivity index (χ0) is 54.8. The fraction of sp³-hybridized carbons (Fsp3) is 0.406. The Morgan fingerprint density at radius 2 is 0.805 bits per heavy atom. The first-order valence-electron chi connectivity index (χ1n) is 27.2. The van der Waals surface area contributed by atoms with Crippen molar-refractivity contribution in [2.45, 2.75) is 135 Å². The highest BCUT2D eigenvalue weighted by molar-refractivity contribution is 5.91. The van der Waals surface area contributed by atoms with Gasteiger partial charge < -0.3 is 18.9 Å². The van der Waals surface area contributed by atoms with Crippen molar-refractivity contribution in [3.63, 3.8) is 0 Å². The minimum Gasteiger partial charge on any atom is -0.423 e. The molecule has 3 aliphatic rings. The van der Waals surface area contributed by atoms with Gasteiger partial charge in [0.05, 0.1) is 24.3 Å². The van der Waals surface area contributed by atoms with Crippen LogP contribution >= 0.6 is 0 Å². The molecule has 0 bridgehead atoms. The minimum atomic E-state index is -1.59. The topological polar surface area (TPSA) is 71.1 Å². The number of carbonyl (C=O) groups is 2. The summed E-state index contributed by atoms with van der Waals surface area (Å²) in [5.74, 6) is -8.00. The first-order valence-corrected chi connectivity index (χ1v) is 27.2. The van der Waals surface area contributed by atoms with E-state index in [1.165, 1.54) is 81.0 Å². The van der Waals surface area contributed by atoms with Crippen LogP contribution in [0.1, 0.15) is 173 Å². The van der Waals surface area contributed by atoms with Crippen molar-refractivity contribution < 1.29 is 59.3 Å². The lowest BCUT2D eigenvalue weighted by molar-refractivity contribution is -0.206. The van der Waals surface area contributed by atoms with Gasteiger partial charge in [0.2, 0.25) is 0 Å².